The van der Waals surface area contributed by atoms with E-state index in [9.17, 15) is 9.59 Å². The summed E-state index contributed by atoms with van der Waals surface area (Å²) in [5.74, 6) is 0.119. The summed E-state index contributed by atoms with van der Waals surface area (Å²) in [5.41, 5.74) is 5.37. The Kier molecular flexibility index (Phi) is 6.26. The fourth-order valence-corrected chi connectivity index (χ4v) is 2.57. The highest BCUT2D eigenvalue weighted by molar-refractivity contribution is 5.83. The predicted octanol–water partition coefficient (Wildman–Crippen LogP) is 1.05. The molecule has 0 unspecified atom stereocenters. The molecule has 0 radical (unpaired) electrons. The molecular formula is C14H27N3O3. The Labute approximate surface area is 121 Å². The Hall–Kier alpha value is -1.30. The summed E-state index contributed by atoms with van der Waals surface area (Å²) >= 11 is 0. The molecule has 1 fully saturated rings. The Balaban J connectivity index is 2.60. The maximum Gasteiger partial charge on any atom is 0.409 e. The minimum absolute atomic E-state index is 0.119. The lowest BCUT2D eigenvalue weighted by molar-refractivity contribution is -0.143. The van der Waals surface area contributed by atoms with Gasteiger partial charge in [-0.3, -0.25) is 4.79 Å². The zero-order valence-corrected chi connectivity index (χ0v) is 12.9. The Morgan fingerprint density at radius 2 is 1.55 bits per heavy atom. The van der Waals surface area contributed by atoms with Crippen LogP contribution in [0.4, 0.5) is 4.79 Å². The van der Waals surface area contributed by atoms with Gasteiger partial charge in [0.05, 0.1) is 12.0 Å². The van der Waals surface area contributed by atoms with Crippen molar-refractivity contribution in [1.29, 1.82) is 0 Å². The first kappa shape index (κ1) is 16.8. The highest BCUT2D eigenvalue weighted by atomic mass is 16.6. The van der Waals surface area contributed by atoms with Gasteiger partial charge in [0.25, 0.3) is 0 Å². The summed E-state index contributed by atoms with van der Waals surface area (Å²) in [6.07, 6.45) is 1.20. The van der Waals surface area contributed by atoms with Gasteiger partial charge in [-0.1, -0.05) is 13.8 Å². The van der Waals surface area contributed by atoms with E-state index in [4.69, 9.17) is 10.5 Å². The van der Waals surface area contributed by atoms with E-state index in [1.807, 2.05) is 18.7 Å². The van der Waals surface area contributed by atoms with Crippen LogP contribution < -0.4 is 5.73 Å². The monoisotopic (exact) mass is 285 g/mol. The quantitative estimate of drug-likeness (QED) is 0.819. The van der Waals surface area contributed by atoms with E-state index >= 15 is 0 Å². The van der Waals surface area contributed by atoms with E-state index in [2.05, 4.69) is 0 Å². The first-order chi connectivity index (χ1) is 9.54. The third-order valence-corrected chi connectivity index (χ3v) is 4.29. The predicted molar refractivity (Wildman–Crippen MR) is 77.2 cm³/mol. The molecule has 0 aromatic heterocycles. The Morgan fingerprint density at radius 3 is 1.95 bits per heavy atom. The van der Waals surface area contributed by atoms with Crippen molar-refractivity contribution in [2.75, 3.05) is 39.3 Å². The van der Waals surface area contributed by atoms with Gasteiger partial charge in [0.15, 0.2) is 0 Å². The van der Waals surface area contributed by atoms with Crippen LogP contribution in [0.15, 0.2) is 0 Å². The number of nitrogens with two attached hydrogens (primary N) is 1. The normalized spacial score (nSPS) is 16.2. The lowest BCUT2D eigenvalue weighted by Crippen LogP contribution is -2.55. The average Bonchev–Trinajstić information content (AvgIpc) is 2.50. The lowest BCUT2D eigenvalue weighted by Gasteiger charge is -2.39. The highest BCUT2D eigenvalue weighted by Crippen LogP contribution is 2.28. The molecule has 2 amide bonds. The van der Waals surface area contributed by atoms with Gasteiger partial charge in [-0.15, -0.1) is 0 Å². The summed E-state index contributed by atoms with van der Waals surface area (Å²) in [5, 5.41) is 0. The molecule has 6 nitrogen and oxygen atoms in total. The van der Waals surface area contributed by atoms with Crippen LogP contribution >= 0.6 is 0 Å². The Morgan fingerprint density at radius 1 is 1.05 bits per heavy atom. The van der Waals surface area contributed by atoms with Crippen molar-refractivity contribution in [2.45, 2.75) is 33.6 Å². The third-order valence-electron chi connectivity index (χ3n) is 4.29. The van der Waals surface area contributed by atoms with Gasteiger partial charge in [-0.05, 0) is 19.8 Å². The minimum atomic E-state index is -0.452. The number of hydrogen-bond donors (Lipinski definition) is 1. The molecule has 1 heterocycles. The molecule has 0 atom stereocenters. The van der Waals surface area contributed by atoms with E-state index in [-0.39, 0.29) is 12.0 Å². The topological polar surface area (TPSA) is 75.9 Å². The zero-order chi connectivity index (χ0) is 15.2. The first-order valence-electron chi connectivity index (χ1n) is 7.45. The van der Waals surface area contributed by atoms with Crippen LogP contribution in [0.3, 0.4) is 0 Å². The fourth-order valence-electron chi connectivity index (χ4n) is 2.57. The molecule has 0 saturated carbocycles. The number of nitrogens with zero attached hydrogens (tertiary/aromatic N) is 2. The van der Waals surface area contributed by atoms with Gasteiger partial charge < -0.3 is 20.3 Å². The smallest absolute Gasteiger partial charge is 0.409 e. The molecule has 1 aliphatic heterocycles. The Bertz CT molecular complexity index is 326. The molecule has 0 aromatic rings. The maximum absolute atomic E-state index is 12.6. The summed E-state index contributed by atoms with van der Waals surface area (Å²) in [7, 11) is 0. The number of carbonyl (C=O) groups is 2. The molecular weight excluding hydrogens is 258 g/mol. The van der Waals surface area contributed by atoms with Gasteiger partial charge in [0.1, 0.15) is 0 Å². The minimum Gasteiger partial charge on any atom is -0.450 e. The molecule has 0 aromatic carbocycles. The maximum atomic E-state index is 12.6. The van der Waals surface area contributed by atoms with Gasteiger partial charge in [-0.25, -0.2) is 4.79 Å². The van der Waals surface area contributed by atoms with Crippen molar-refractivity contribution in [1.82, 2.24) is 9.80 Å². The van der Waals surface area contributed by atoms with Crippen molar-refractivity contribution >= 4 is 12.0 Å². The summed E-state index contributed by atoms with van der Waals surface area (Å²) in [4.78, 5) is 27.7. The van der Waals surface area contributed by atoms with E-state index in [1.54, 1.807) is 11.8 Å². The van der Waals surface area contributed by atoms with Gasteiger partial charge >= 0.3 is 6.09 Å². The van der Waals surface area contributed by atoms with E-state index in [0.29, 0.717) is 39.3 Å². The number of ether oxygens (including phenoxy) is 1. The van der Waals surface area contributed by atoms with Crippen LogP contribution in [0.1, 0.15) is 33.6 Å². The van der Waals surface area contributed by atoms with Crippen molar-refractivity contribution in [3.63, 3.8) is 0 Å². The van der Waals surface area contributed by atoms with Crippen LogP contribution in [-0.2, 0) is 9.53 Å². The van der Waals surface area contributed by atoms with Crippen molar-refractivity contribution in [2.24, 2.45) is 11.1 Å². The molecule has 20 heavy (non-hydrogen) atoms. The molecule has 0 spiro atoms. The lowest BCUT2D eigenvalue weighted by atomic mass is 9.81. The molecule has 0 aliphatic carbocycles. The number of rotatable bonds is 5. The molecule has 1 rings (SSSR count). The SMILES string of the molecule is CCOC(=O)N1CCN(C(=O)C(CC)(CC)CN)CC1. The van der Waals surface area contributed by atoms with Crippen LogP contribution in [0.5, 0.6) is 0 Å². The third kappa shape index (κ3) is 3.42. The zero-order valence-electron chi connectivity index (χ0n) is 12.9. The second-order valence-electron chi connectivity index (χ2n) is 5.17. The van der Waals surface area contributed by atoms with Crippen LogP contribution in [-0.4, -0.2) is 61.1 Å². The molecule has 2 N–H and O–H groups in total. The van der Waals surface area contributed by atoms with E-state index in [0.717, 1.165) is 12.8 Å². The molecule has 6 heteroatoms. The summed E-state index contributed by atoms with van der Waals surface area (Å²) in [6, 6.07) is 0. The number of piperazine rings is 1. The van der Waals surface area contributed by atoms with Crippen LogP contribution in [0.2, 0.25) is 0 Å². The van der Waals surface area contributed by atoms with Crippen molar-refractivity contribution < 1.29 is 14.3 Å². The van der Waals surface area contributed by atoms with Crippen molar-refractivity contribution in [3.8, 4) is 0 Å². The molecule has 116 valence electrons. The standard InChI is InChI=1S/C14H27N3O3/c1-4-14(5-2,11-15)12(18)16-7-9-17(10-8-16)13(19)20-6-3/h4-11,15H2,1-3H3. The van der Waals surface area contributed by atoms with E-state index in [1.165, 1.54) is 0 Å². The second kappa shape index (κ2) is 7.47. The largest absolute Gasteiger partial charge is 0.450 e. The number of hydrogen-bond acceptors (Lipinski definition) is 4. The molecule has 0 bridgehead atoms. The molecule has 1 aliphatic rings. The number of carbonyl (C=O) groups excluding carboxylic acids is 2. The van der Waals surface area contributed by atoms with Crippen LogP contribution in [0.25, 0.3) is 0 Å². The van der Waals surface area contributed by atoms with Crippen molar-refractivity contribution in [3.05, 3.63) is 0 Å². The molecule has 1 saturated heterocycles. The van der Waals surface area contributed by atoms with Gasteiger partial charge in [0, 0.05) is 32.7 Å². The highest BCUT2D eigenvalue weighted by Gasteiger charge is 2.38. The summed E-state index contributed by atoms with van der Waals surface area (Å²) < 4.78 is 4.97. The van der Waals surface area contributed by atoms with E-state index < -0.39 is 5.41 Å². The van der Waals surface area contributed by atoms with Gasteiger partial charge in [-0.2, -0.15) is 0 Å². The fraction of sp³-hybridized carbons (Fsp3) is 0.857. The number of amides is 2. The second-order valence-corrected chi connectivity index (χ2v) is 5.17. The average molecular weight is 285 g/mol. The van der Waals surface area contributed by atoms with Gasteiger partial charge in [0.2, 0.25) is 5.91 Å². The first-order valence-corrected chi connectivity index (χ1v) is 7.45. The summed E-state index contributed by atoms with van der Waals surface area (Å²) in [6.45, 7) is 8.70. The van der Waals surface area contributed by atoms with Crippen LogP contribution in [0, 0.1) is 5.41 Å².